The Morgan fingerprint density at radius 3 is 2.62 bits per heavy atom. The second-order valence-electron chi connectivity index (χ2n) is 6.20. The third kappa shape index (κ3) is 3.08. The maximum absolute atomic E-state index is 5.42. The molecule has 3 aromatic rings. The fraction of sp³-hybridized carbons (Fsp3) is 0.278. The van der Waals surface area contributed by atoms with Crippen molar-refractivity contribution < 1.29 is 4.74 Å². The van der Waals surface area contributed by atoms with E-state index in [0.29, 0.717) is 0 Å². The highest BCUT2D eigenvalue weighted by molar-refractivity contribution is 5.58. The molecule has 0 amide bonds. The molecule has 0 unspecified atom stereocenters. The summed E-state index contributed by atoms with van der Waals surface area (Å²) in [4.78, 5) is 0. The van der Waals surface area contributed by atoms with Gasteiger partial charge < -0.3 is 10.1 Å². The molecule has 0 saturated carbocycles. The Morgan fingerprint density at radius 2 is 1.88 bits per heavy atom. The minimum Gasteiger partial charge on any atom is -0.495 e. The largest absolute Gasteiger partial charge is 0.495 e. The van der Waals surface area contributed by atoms with Crippen molar-refractivity contribution in [2.24, 2.45) is 0 Å². The molecule has 0 spiro atoms. The predicted octanol–water partition coefficient (Wildman–Crippen LogP) is 3.33. The van der Waals surface area contributed by atoms with Gasteiger partial charge in [-0.05, 0) is 61.0 Å². The van der Waals surface area contributed by atoms with Gasteiger partial charge in [0.2, 0.25) is 0 Å². The van der Waals surface area contributed by atoms with Crippen molar-refractivity contribution >= 4 is 5.69 Å². The number of aryl methyl sites for hydroxylation is 1. The van der Waals surface area contributed by atoms with Crippen molar-refractivity contribution in [1.29, 1.82) is 0 Å². The van der Waals surface area contributed by atoms with Gasteiger partial charge in [-0.1, -0.05) is 24.3 Å². The lowest BCUT2D eigenvalue weighted by atomic mass is 10.0. The number of methoxy groups -OCH3 is 1. The van der Waals surface area contributed by atoms with Crippen LogP contribution in [0, 0.1) is 6.92 Å². The van der Waals surface area contributed by atoms with E-state index in [0.717, 1.165) is 28.5 Å². The topological polar surface area (TPSA) is 64.9 Å². The molecule has 6 nitrogen and oxygen atoms in total. The van der Waals surface area contributed by atoms with Crippen LogP contribution in [0.4, 0.5) is 5.69 Å². The molecule has 0 aliphatic heterocycles. The number of rotatable bonds is 5. The highest BCUT2D eigenvalue weighted by Crippen LogP contribution is 2.31. The van der Waals surface area contributed by atoms with E-state index in [2.05, 4.69) is 26.9 Å². The first-order valence-electron chi connectivity index (χ1n) is 7.78. The first-order chi connectivity index (χ1) is 11.5. The zero-order chi connectivity index (χ0) is 17.2. The summed E-state index contributed by atoms with van der Waals surface area (Å²) in [5.74, 6) is 1.50. The van der Waals surface area contributed by atoms with E-state index in [4.69, 9.17) is 4.74 Å². The Bertz CT molecular complexity index is 841. The number of aromatic nitrogens is 4. The van der Waals surface area contributed by atoms with E-state index >= 15 is 0 Å². The number of ether oxygens (including phenoxy) is 1. The lowest BCUT2D eigenvalue weighted by molar-refractivity contribution is 0.414. The summed E-state index contributed by atoms with van der Waals surface area (Å²) in [5.41, 5.74) is 2.49. The highest BCUT2D eigenvalue weighted by atomic mass is 16.5. The quantitative estimate of drug-likeness (QED) is 0.780. The molecular formula is C18H21N5O. The maximum Gasteiger partial charge on any atom is 0.181 e. The van der Waals surface area contributed by atoms with Crippen molar-refractivity contribution in [2.45, 2.75) is 26.3 Å². The van der Waals surface area contributed by atoms with Crippen LogP contribution >= 0.6 is 0 Å². The number of para-hydroxylation sites is 2. The molecule has 0 bridgehead atoms. The smallest absolute Gasteiger partial charge is 0.181 e. The van der Waals surface area contributed by atoms with Crippen molar-refractivity contribution in [3.05, 3.63) is 59.9 Å². The lowest BCUT2D eigenvalue weighted by Crippen LogP contribution is -2.32. The Kier molecular flexibility index (Phi) is 4.20. The van der Waals surface area contributed by atoms with E-state index in [1.54, 1.807) is 11.8 Å². The zero-order valence-electron chi connectivity index (χ0n) is 14.3. The number of hydrogen-bond donors (Lipinski definition) is 1. The molecule has 0 saturated heterocycles. The molecule has 1 heterocycles. The van der Waals surface area contributed by atoms with Gasteiger partial charge in [-0.15, -0.1) is 5.10 Å². The Balaban J connectivity index is 1.98. The molecule has 0 fully saturated rings. The van der Waals surface area contributed by atoms with Crippen LogP contribution < -0.4 is 10.1 Å². The lowest BCUT2D eigenvalue weighted by Gasteiger charge is -2.27. The molecule has 2 aromatic carbocycles. The Hall–Kier alpha value is -2.89. The van der Waals surface area contributed by atoms with E-state index < -0.39 is 5.54 Å². The third-order valence-corrected chi connectivity index (χ3v) is 3.83. The number of nitrogens with one attached hydrogen (secondary N) is 1. The average molecular weight is 323 g/mol. The van der Waals surface area contributed by atoms with E-state index in [-0.39, 0.29) is 0 Å². The zero-order valence-corrected chi connectivity index (χ0v) is 14.3. The minimum absolute atomic E-state index is 0.498. The molecule has 1 aromatic heterocycles. The van der Waals surface area contributed by atoms with Crippen LogP contribution in [-0.2, 0) is 5.54 Å². The van der Waals surface area contributed by atoms with Crippen molar-refractivity contribution in [1.82, 2.24) is 20.2 Å². The van der Waals surface area contributed by atoms with Gasteiger partial charge in [0.15, 0.2) is 5.82 Å². The first-order valence-corrected chi connectivity index (χ1v) is 7.78. The molecular weight excluding hydrogens is 302 g/mol. The van der Waals surface area contributed by atoms with Crippen LogP contribution in [0.5, 0.6) is 5.75 Å². The average Bonchev–Trinajstić information content (AvgIpc) is 3.06. The molecule has 0 aliphatic carbocycles. The summed E-state index contributed by atoms with van der Waals surface area (Å²) in [5, 5.41) is 15.8. The van der Waals surface area contributed by atoms with Crippen LogP contribution in [-0.4, -0.2) is 27.3 Å². The number of hydrogen-bond acceptors (Lipinski definition) is 5. The highest BCUT2D eigenvalue weighted by Gasteiger charge is 2.29. The van der Waals surface area contributed by atoms with Crippen LogP contribution in [0.1, 0.15) is 25.2 Å². The molecule has 124 valence electrons. The standard InChI is InChI=1S/C18H21N5O/c1-13-8-7-9-14(12-13)23-17(20-21-22-23)18(2,3)19-15-10-5-6-11-16(15)24-4/h5-12,19H,1-4H3. The Labute approximate surface area is 141 Å². The molecule has 3 rings (SSSR count). The van der Waals surface area contributed by atoms with Gasteiger partial charge in [0, 0.05) is 0 Å². The van der Waals surface area contributed by atoms with Gasteiger partial charge in [0.25, 0.3) is 0 Å². The minimum atomic E-state index is -0.498. The molecule has 0 atom stereocenters. The number of anilines is 1. The second-order valence-corrected chi connectivity index (χ2v) is 6.20. The molecule has 0 aliphatic rings. The van der Waals surface area contributed by atoms with Crippen molar-refractivity contribution in [3.8, 4) is 11.4 Å². The summed E-state index contributed by atoms with van der Waals surface area (Å²) in [6, 6.07) is 15.9. The van der Waals surface area contributed by atoms with Crippen LogP contribution in [0.2, 0.25) is 0 Å². The van der Waals surface area contributed by atoms with Gasteiger partial charge in [0.05, 0.1) is 24.0 Å². The number of benzene rings is 2. The van der Waals surface area contributed by atoms with E-state index in [1.807, 2.05) is 63.2 Å². The summed E-state index contributed by atoms with van der Waals surface area (Å²) in [7, 11) is 1.66. The SMILES string of the molecule is COc1ccccc1NC(C)(C)c1nnnn1-c1cccc(C)c1. The third-order valence-electron chi connectivity index (χ3n) is 3.83. The maximum atomic E-state index is 5.42. The fourth-order valence-corrected chi connectivity index (χ4v) is 2.65. The van der Waals surface area contributed by atoms with Crippen LogP contribution in [0.3, 0.4) is 0 Å². The summed E-state index contributed by atoms with van der Waals surface area (Å²) in [6.07, 6.45) is 0. The van der Waals surface area contributed by atoms with Gasteiger partial charge in [-0.3, -0.25) is 0 Å². The Morgan fingerprint density at radius 1 is 1.08 bits per heavy atom. The number of tetrazole rings is 1. The number of nitrogens with zero attached hydrogens (tertiary/aromatic N) is 4. The molecule has 0 radical (unpaired) electrons. The van der Waals surface area contributed by atoms with E-state index in [9.17, 15) is 0 Å². The van der Waals surface area contributed by atoms with Gasteiger partial charge in [-0.25, -0.2) is 0 Å². The van der Waals surface area contributed by atoms with E-state index in [1.165, 1.54) is 0 Å². The fourth-order valence-electron chi connectivity index (χ4n) is 2.65. The monoisotopic (exact) mass is 323 g/mol. The molecule has 1 N–H and O–H groups in total. The predicted molar refractivity (Wildman–Crippen MR) is 93.5 cm³/mol. The van der Waals surface area contributed by atoms with Crippen molar-refractivity contribution in [2.75, 3.05) is 12.4 Å². The second kappa shape index (κ2) is 6.31. The van der Waals surface area contributed by atoms with Gasteiger partial charge >= 0.3 is 0 Å². The van der Waals surface area contributed by atoms with Gasteiger partial charge in [-0.2, -0.15) is 4.68 Å². The van der Waals surface area contributed by atoms with Crippen LogP contribution in [0.15, 0.2) is 48.5 Å². The summed E-state index contributed by atoms with van der Waals surface area (Å²) >= 11 is 0. The van der Waals surface area contributed by atoms with Crippen molar-refractivity contribution in [3.63, 3.8) is 0 Å². The normalized spacial score (nSPS) is 11.3. The summed E-state index contributed by atoms with van der Waals surface area (Å²) < 4.78 is 7.18. The molecule has 24 heavy (non-hydrogen) atoms. The first kappa shape index (κ1) is 16.0. The van der Waals surface area contributed by atoms with Gasteiger partial charge in [0.1, 0.15) is 5.75 Å². The summed E-state index contributed by atoms with van der Waals surface area (Å²) in [6.45, 7) is 6.13. The van der Waals surface area contributed by atoms with Crippen LogP contribution in [0.25, 0.3) is 5.69 Å². The molecule has 6 heteroatoms.